The molecule has 0 fully saturated rings. The maximum Gasteiger partial charge on any atom is 0.271 e. The molecule has 134 valence electrons. The summed E-state index contributed by atoms with van der Waals surface area (Å²) in [7, 11) is 0. The van der Waals surface area contributed by atoms with Crippen molar-refractivity contribution < 1.29 is 19.1 Å². The van der Waals surface area contributed by atoms with Crippen LogP contribution in [-0.4, -0.2) is 34.8 Å². The molecule has 0 atom stereocenters. The number of primary amides is 1. The maximum absolute atomic E-state index is 12.5. The summed E-state index contributed by atoms with van der Waals surface area (Å²) in [6.45, 7) is 7.07. The molecule has 1 heterocycles. The topological polar surface area (TPSA) is 108 Å². The summed E-state index contributed by atoms with van der Waals surface area (Å²) in [5.74, 6) is -0.0553. The Morgan fingerprint density at radius 3 is 2.44 bits per heavy atom. The lowest BCUT2D eigenvalue weighted by molar-refractivity contribution is 0.0995. The maximum atomic E-state index is 12.5. The number of carbonyl (C=O) groups excluding carboxylic acids is 2. The molecule has 0 bridgehead atoms. The second kappa shape index (κ2) is 8.18. The third-order valence-electron chi connectivity index (χ3n) is 3.37. The summed E-state index contributed by atoms with van der Waals surface area (Å²) in [5, 5.41) is 6.71. The highest BCUT2D eigenvalue weighted by Crippen LogP contribution is 2.29. The minimum atomic E-state index is -0.704. The lowest BCUT2D eigenvalue weighted by Crippen LogP contribution is -2.18. The number of nitrogens with zero attached hydrogens (tertiary/aromatic N) is 2. The number of hydrogen-bond acceptors (Lipinski definition) is 5. The molecule has 0 radical (unpaired) electrons. The molecule has 8 heteroatoms. The van der Waals surface area contributed by atoms with E-state index in [1.54, 1.807) is 24.4 Å². The number of hydrogen-bond donors (Lipinski definition) is 2. The normalized spacial score (nSPS) is 10.4. The molecule has 0 saturated heterocycles. The monoisotopic (exact) mass is 346 g/mol. The molecule has 0 aliphatic rings. The van der Waals surface area contributed by atoms with E-state index in [1.165, 1.54) is 4.68 Å². The van der Waals surface area contributed by atoms with Crippen LogP contribution in [0.5, 0.6) is 11.5 Å². The van der Waals surface area contributed by atoms with Gasteiger partial charge in [-0.25, -0.2) is 0 Å². The largest absolute Gasteiger partial charge is 0.490 e. The Morgan fingerprint density at radius 1 is 1.16 bits per heavy atom. The van der Waals surface area contributed by atoms with Crippen molar-refractivity contribution >= 4 is 17.5 Å². The number of anilines is 1. The van der Waals surface area contributed by atoms with E-state index in [0.717, 1.165) is 0 Å². The SMILES string of the molecule is CCOc1ccc(C(=O)Nc2cn(CC)nc2C(N)=O)cc1OCC. The number of aromatic nitrogens is 2. The Kier molecular flexibility index (Phi) is 5.99. The minimum Gasteiger partial charge on any atom is -0.490 e. The highest BCUT2D eigenvalue weighted by atomic mass is 16.5. The van der Waals surface area contributed by atoms with E-state index in [4.69, 9.17) is 15.2 Å². The molecule has 1 aromatic carbocycles. The van der Waals surface area contributed by atoms with Gasteiger partial charge in [0, 0.05) is 18.3 Å². The van der Waals surface area contributed by atoms with Crippen LogP contribution >= 0.6 is 0 Å². The van der Waals surface area contributed by atoms with Crippen LogP contribution in [-0.2, 0) is 6.54 Å². The fourth-order valence-corrected chi connectivity index (χ4v) is 2.24. The first-order valence-corrected chi connectivity index (χ1v) is 8.08. The molecule has 2 aromatic rings. The lowest BCUT2D eigenvalue weighted by Gasteiger charge is -2.12. The van der Waals surface area contributed by atoms with Crippen LogP contribution in [0.4, 0.5) is 5.69 Å². The smallest absolute Gasteiger partial charge is 0.271 e. The molecule has 8 nitrogen and oxygen atoms in total. The van der Waals surface area contributed by atoms with E-state index in [9.17, 15) is 9.59 Å². The third-order valence-corrected chi connectivity index (χ3v) is 3.37. The van der Waals surface area contributed by atoms with Gasteiger partial charge in [0.05, 0.1) is 18.9 Å². The molecule has 0 aliphatic carbocycles. The third kappa shape index (κ3) is 4.28. The zero-order chi connectivity index (χ0) is 18.4. The number of ether oxygens (including phenoxy) is 2. The molecule has 0 spiro atoms. The molecule has 25 heavy (non-hydrogen) atoms. The first kappa shape index (κ1) is 18.3. The molecule has 0 saturated carbocycles. The van der Waals surface area contributed by atoms with Gasteiger partial charge < -0.3 is 20.5 Å². The van der Waals surface area contributed by atoms with Crippen LogP contribution in [0.1, 0.15) is 41.6 Å². The second-order valence-corrected chi connectivity index (χ2v) is 5.09. The number of nitrogens with one attached hydrogen (secondary N) is 1. The number of amides is 2. The van der Waals surface area contributed by atoms with E-state index in [2.05, 4.69) is 10.4 Å². The Morgan fingerprint density at radius 2 is 1.84 bits per heavy atom. The molecular weight excluding hydrogens is 324 g/mol. The average molecular weight is 346 g/mol. The van der Waals surface area contributed by atoms with Crippen LogP contribution < -0.4 is 20.5 Å². The average Bonchev–Trinajstić information content (AvgIpc) is 3.00. The van der Waals surface area contributed by atoms with E-state index >= 15 is 0 Å². The standard InChI is InChI=1S/C17H22N4O4/c1-4-21-10-12(15(20-21)16(18)22)19-17(23)11-7-8-13(24-5-2)14(9-11)25-6-3/h7-10H,4-6H2,1-3H3,(H2,18,22)(H,19,23). The summed E-state index contributed by atoms with van der Waals surface area (Å²) >= 11 is 0. The predicted molar refractivity (Wildman–Crippen MR) is 93.2 cm³/mol. The Labute approximate surface area is 145 Å². The summed E-state index contributed by atoms with van der Waals surface area (Å²) in [4.78, 5) is 24.0. The van der Waals surface area contributed by atoms with Gasteiger partial charge >= 0.3 is 0 Å². The van der Waals surface area contributed by atoms with Crippen LogP contribution in [0.2, 0.25) is 0 Å². The number of rotatable bonds is 8. The number of carbonyl (C=O) groups is 2. The predicted octanol–water partition coefficient (Wildman–Crippen LogP) is 2.05. The summed E-state index contributed by atoms with van der Waals surface area (Å²) in [6, 6.07) is 4.89. The first-order chi connectivity index (χ1) is 12.0. The Hall–Kier alpha value is -3.03. The fourth-order valence-electron chi connectivity index (χ4n) is 2.24. The van der Waals surface area contributed by atoms with Crippen molar-refractivity contribution in [1.29, 1.82) is 0 Å². The van der Waals surface area contributed by atoms with Crippen molar-refractivity contribution in [2.24, 2.45) is 5.73 Å². The molecule has 2 amide bonds. The van der Waals surface area contributed by atoms with Crippen LogP contribution in [0, 0.1) is 0 Å². The van der Waals surface area contributed by atoms with Crippen molar-refractivity contribution in [3.63, 3.8) is 0 Å². The van der Waals surface area contributed by atoms with Gasteiger partial charge in [0.25, 0.3) is 11.8 Å². The van der Waals surface area contributed by atoms with Gasteiger partial charge in [0.1, 0.15) is 0 Å². The summed E-state index contributed by atoms with van der Waals surface area (Å²) in [5.41, 5.74) is 5.97. The van der Waals surface area contributed by atoms with Crippen molar-refractivity contribution in [3.8, 4) is 11.5 Å². The molecular formula is C17H22N4O4. The number of benzene rings is 1. The lowest BCUT2D eigenvalue weighted by atomic mass is 10.2. The van der Waals surface area contributed by atoms with Crippen molar-refractivity contribution in [3.05, 3.63) is 35.7 Å². The summed E-state index contributed by atoms with van der Waals surface area (Å²) in [6.07, 6.45) is 1.57. The highest BCUT2D eigenvalue weighted by molar-refractivity contribution is 6.08. The first-order valence-electron chi connectivity index (χ1n) is 8.08. The van der Waals surface area contributed by atoms with Crippen LogP contribution in [0.25, 0.3) is 0 Å². The van der Waals surface area contributed by atoms with Gasteiger partial charge in [-0.2, -0.15) is 5.10 Å². The summed E-state index contributed by atoms with van der Waals surface area (Å²) < 4.78 is 12.5. The number of nitrogens with two attached hydrogens (primary N) is 1. The highest BCUT2D eigenvalue weighted by Gasteiger charge is 2.18. The van der Waals surface area contributed by atoms with Gasteiger partial charge in [-0.3, -0.25) is 14.3 Å². The fraction of sp³-hybridized carbons (Fsp3) is 0.353. The van der Waals surface area contributed by atoms with E-state index in [-0.39, 0.29) is 11.4 Å². The van der Waals surface area contributed by atoms with Gasteiger partial charge in [0.2, 0.25) is 0 Å². The molecule has 3 N–H and O–H groups in total. The Balaban J connectivity index is 2.27. The second-order valence-electron chi connectivity index (χ2n) is 5.09. The van der Waals surface area contributed by atoms with Gasteiger partial charge in [-0.05, 0) is 39.0 Å². The van der Waals surface area contributed by atoms with Crippen LogP contribution in [0.15, 0.2) is 24.4 Å². The minimum absolute atomic E-state index is 0.0196. The van der Waals surface area contributed by atoms with Crippen molar-refractivity contribution in [1.82, 2.24) is 9.78 Å². The van der Waals surface area contributed by atoms with E-state index in [1.807, 2.05) is 20.8 Å². The quantitative estimate of drug-likeness (QED) is 0.760. The van der Waals surface area contributed by atoms with Gasteiger partial charge in [-0.15, -0.1) is 0 Å². The van der Waals surface area contributed by atoms with Crippen molar-refractivity contribution in [2.45, 2.75) is 27.3 Å². The number of aryl methyl sites for hydroxylation is 1. The van der Waals surface area contributed by atoms with Crippen molar-refractivity contribution in [2.75, 3.05) is 18.5 Å². The molecule has 0 unspecified atom stereocenters. The van der Waals surface area contributed by atoms with E-state index < -0.39 is 11.8 Å². The molecule has 1 aromatic heterocycles. The zero-order valence-corrected chi connectivity index (χ0v) is 14.5. The van der Waals surface area contributed by atoms with Crippen LogP contribution in [0.3, 0.4) is 0 Å². The zero-order valence-electron chi connectivity index (χ0n) is 14.5. The van der Waals surface area contributed by atoms with E-state index in [0.29, 0.717) is 36.8 Å². The van der Waals surface area contributed by atoms with Gasteiger partial charge in [-0.1, -0.05) is 0 Å². The Bertz CT molecular complexity index is 770. The molecule has 0 aliphatic heterocycles. The van der Waals surface area contributed by atoms with Gasteiger partial charge in [0.15, 0.2) is 17.2 Å². The molecule has 2 rings (SSSR count).